The third kappa shape index (κ3) is 3.27. The number of nitrogens with two attached hydrogens (primary N) is 1. The summed E-state index contributed by atoms with van der Waals surface area (Å²) in [6.07, 6.45) is 2.91. The smallest absolute Gasteiger partial charge is 0.125 e. The summed E-state index contributed by atoms with van der Waals surface area (Å²) in [4.78, 5) is 6.50. The van der Waals surface area contributed by atoms with Crippen LogP contribution in [0.15, 0.2) is 48.7 Å². The third-order valence-corrected chi connectivity index (χ3v) is 3.67. The van der Waals surface area contributed by atoms with Crippen molar-refractivity contribution in [3.05, 3.63) is 54.2 Å². The van der Waals surface area contributed by atoms with Gasteiger partial charge in [0.2, 0.25) is 0 Å². The predicted molar refractivity (Wildman–Crippen MR) is 82.4 cm³/mol. The van der Waals surface area contributed by atoms with Crippen LogP contribution in [-0.2, 0) is 6.54 Å². The summed E-state index contributed by atoms with van der Waals surface area (Å²) >= 11 is 0. The number of nitrogens with zero attached hydrogens (tertiary/aromatic N) is 2. The summed E-state index contributed by atoms with van der Waals surface area (Å²) in [5.74, 6) is 0.564. The molecule has 104 valence electrons. The molecule has 3 N–H and O–H groups in total. The second kappa shape index (κ2) is 5.92. The van der Waals surface area contributed by atoms with Gasteiger partial charge in [0.15, 0.2) is 0 Å². The lowest BCUT2D eigenvalue weighted by Crippen LogP contribution is -2.26. The van der Waals surface area contributed by atoms with Gasteiger partial charge in [-0.3, -0.25) is 4.90 Å². The van der Waals surface area contributed by atoms with Crippen LogP contribution in [0.1, 0.15) is 12.0 Å². The lowest BCUT2D eigenvalue weighted by molar-refractivity contribution is 0.328. The van der Waals surface area contributed by atoms with Gasteiger partial charge in [-0.15, -0.1) is 0 Å². The van der Waals surface area contributed by atoms with E-state index in [0.717, 1.165) is 31.7 Å². The fraction of sp³-hybridized carbons (Fsp3) is 0.312. The molecule has 0 bridgehead atoms. The van der Waals surface area contributed by atoms with E-state index in [2.05, 4.69) is 45.5 Å². The molecule has 0 spiro atoms. The van der Waals surface area contributed by atoms with Gasteiger partial charge in [0.25, 0.3) is 0 Å². The molecule has 0 aliphatic carbocycles. The van der Waals surface area contributed by atoms with Crippen molar-refractivity contribution in [3.63, 3.8) is 0 Å². The van der Waals surface area contributed by atoms with E-state index in [1.54, 1.807) is 6.20 Å². The van der Waals surface area contributed by atoms with Crippen molar-refractivity contribution in [1.29, 1.82) is 0 Å². The minimum absolute atomic E-state index is 0.487. The largest absolute Gasteiger partial charge is 0.384 e. The zero-order chi connectivity index (χ0) is 13.8. The summed E-state index contributed by atoms with van der Waals surface area (Å²) < 4.78 is 0. The van der Waals surface area contributed by atoms with Crippen LogP contribution in [0.3, 0.4) is 0 Å². The van der Waals surface area contributed by atoms with E-state index >= 15 is 0 Å². The summed E-state index contributed by atoms with van der Waals surface area (Å²) in [5.41, 5.74) is 8.14. The fourth-order valence-electron chi connectivity index (χ4n) is 2.71. The molecule has 1 aromatic heterocycles. The van der Waals surface area contributed by atoms with Gasteiger partial charge in [-0.25, -0.2) is 4.98 Å². The Kier molecular flexibility index (Phi) is 3.83. The van der Waals surface area contributed by atoms with Gasteiger partial charge in [-0.05, 0) is 18.1 Å². The Balaban J connectivity index is 1.54. The fourth-order valence-corrected chi connectivity index (χ4v) is 2.71. The Morgan fingerprint density at radius 1 is 1.25 bits per heavy atom. The summed E-state index contributed by atoms with van der Waals surface area (Å²) in [6.45, 7) is 3.22. The summed E-state index contributed by atoms with van der Waals surface area (Å²) in [7, 11) is 0. The highest BCUT2D eigenvalue weighted by Gasteiger charge is 2.22. The highest BCUT2D eigenvalue weighted by Crippen LogP contribution is 2.18. The molecular formula is C16H20N4. The first-order valence-electron chi connectivity index (χ1n) is 7.04. The quantitative estimate of drug-likeness (QED) is 0.893. The van der Waals surface area contributed by atoms with Gasteiger partial charge in [0, 0.05) is 43.6 Å². The van der Waals surface area contributed by atoms with Crippen LogP contribution < -0.4 is 11.1 Å². The maximum Gasteiger partial charge on any atom is 0.125 e. The molecule has 0 radical (unpaired) electrons. The lowest BCUT2D eigenvalue weighted by Gasteiger charge is -2.17. The van der Waals surface area contributed by atoms with Gasteiger partial charge in [0.1, 0.15) is 5.82 Å². The molecule has 1 aliphatic rings. The zero-order valence-corrected chi connectivity index (χ0v) is 11.5. The van der Waals surface area contributed by atoms with Gasteiger partial charge in [-0.2, -0.15) is 0 Å². The maximum atomic E-state index is 5.70. The molecule has 2 heterocycles. The number of aromatic nitrogens is 1. The predicted octanol–water partition coefficient (Wildman–Crippen LogP) is 2.35. The third-order valence-electron chi connectivity index (χ3n) is 3.67. The summed E-state index contributed by atoms with van der Waals surface area (Å²) in [5, 5.41) is 3.54. The Morgan fingerprint density at radius 3 is 2.90 bits per heavy atom. The molecular weight excluding hydrogens is 248 g/mol. The first-order valence-corrected chi connectivity index (χ1v) is 7.04. The van der Waals surface area contributed by atoms with E-state index in [0.29, 0.717) is 11.9 Å². The standard InChI is InChI=1S/C16H20N4/c17-16-10-14(6-8-18-16)19-15-7-9-20(12-15)11-13-4-2-1-3-5-13/h1-6,8,10,15H,7,9,11-12H2,(H3,17,18,19). The molecule has 3 rings (SSSR count). The molecule has 0 amide bonds. The van der Waals surface area contributed by atoms with Crippen molar-refractivity contribution in [2.45, 2.75) is 19.0 Å². The molecule has 0 saturated carbocycles. The zero-order valence-electron chi connectivity index (χ0n) is 11.5. The van der Waals surface area contributed by atoms with Crippen LogP contribution in [0.4, 0.5) is 11.5 Å². The van der Waals surface area contributed by atoms with Gasteiger partial charge in [0.05, 0.1) is 0 Å². The van der Waals surface area contributed by atoms with Crippen molar-refractivity contribution in [2.75, 3.05) is 24.1 Å². The highest BCUT2D eigenvalue weighted by molar-refractivity contribution is 5.50. The molecule has 1 fully saturated rings. The van der Waals surface area contributed by atoms with Crippen molar-refractivity contribution in [1.82, 2.24) is 9.88 Å². The molecule has 4 nitrogen and oxygen atoms in total. The minimum atomic E-state index is 0.487. The number of anilines is 2. The molecule has 1 saturated heterocycles. The van der Waals surface area contributed by atoms with Gasteiger partial charge in [-0.1, -0.05) is 30.3 Å². The number of nitrogens with one attached hydrogen (secondary N) is 1. The normalized spacial score (nSPS) is 19.1. The summed E-state index contributed by atoms with van der Waals surface area (Å²) in [6, 6.07) is 15.0. The topological polar surface area (TPSA) is 54.2 Å². The van der Waals surface area contributed by atoms with Crippen molar-refractivity contribution in [2.24, 2.45) is 0 Å². The van der Waals surface area contributed by atoms with E-state index in [1.807, 2.05) is 12.1 Å². The number of hydrogen-bond acceptors (Lipinski definition) is 4. The Bertz CT molecular complexity index is 555. The number of benzene rings is 1. The number of pyridine rings is 1. The molecule has 2 aromatic rings. The Hall–Kier alpha value is -2.07. The molecule has 1 unspecified atom stereocenters. The first-order chi connectivity index (χ1) is 9.79. The van der Waals surface area contributed by atoms with E-state index in [4.69, 9.17) is 5.73 Å². The second-order valence-corrected chi connectivity index (χ2v) is 5.32. The van der Waals surface area contributed by atoms with Crippen molar-refractivity contribution < 1.29 is 0 Å². The van der Waals surface area contributed by atoms with Crippen LogP contribution in [0, 0.1) is 0 Å². The van der Waals surface area contributed by atoms with Crippen molar-refractivity contribution >= 4 is 11.5 Å². The van der Waals surface area contributed by atoms with E-state index in [1.165, 1.54) is 5.56 Å². The lowest BCUT2D eigenvalue weighted by atomic mass is 10.2. The van der Waals surface area contributed by atoms with Crippen LogP contribution >= 0.6 is 0 Å². The molecule has 1 aliphatic heterocycles. The number of likely N-dealkylation sites (tertiary alicyclic amines) is 1. The molecule has 1 atom stereocenters. The molecule has 20 heavy (non-hydrogen) atoms. The van der Waals surface area contributed by atoms with E-state index < -0.39 is 0 Å². The Labute approximate surface area is 119 Å². The van der Waals surface area contributed by atoms with Gasteiger partial charge < -0.3 is 11.1 Å². The molecule has 1 aromatic carbocycles. The van der Waals surface area contributed by atoms with Crippen LogP contribution in [-0.4, -0.2) is 29.0 Å². The highest BCUT2D eigenvalue weighted by atomic mass is 15.2. The molecule has 4 heteroatoms. The van der Waals surface area contributed by atoms with E-state index in [9.17, 15) is 0 Å². The van der Waals surface area contributed by atoms with E-state index in [-0.39, 0.29) is 0 Å². The van der Waals surface area contributed by atoms with Crippen LogP contribution in [0.25, 0.3) is 0 Å². The minimum Gasteiger partial charge on any atom is -0.384 e. The SMILES string of the molecule is Nc1cc(NC2CCN(Cc3ccccc3)C2)ccn1. The number of nitrogen functional groups attached to an aromatic ring is 1. The Morgan fingerprint density at radius 2 is 2.10 bits per heavy atom. The average molecular weight is 268 g/mol. The number of rotatable bonds is 4. The van der Waals surface area contributed by atoms with Gasteiger partial charge >= 0.3 is 0 Å². The van der Waals surface area contributed by atoms with Crippen molar-refractivity contribution in [3.8, 4) is 0 Å². The monoisotopic (exact) mass is 268 g/mol. The first kappa shape index (κ1) is 12.9. The van der Waals surface area contributed by atoms with Crippen LogP contribution in [0.2, 0.25) is 0 Å². The average Bonchev–Trinajstić information content (AvgIpc) is 2.87. The number of hydrogen-bond donors (Lipinski definition) is 2. The van der Waals surface area contributed by atoms with Crippen LogP contribution in [0.5, 0.6) is 0 Å². The second-order valence-electron chi connectivity index (χ2n) is 5.32. The maximum absolute atomic E-state index is 5.70.